The highest BCUT2D eigenvalue weighted by molar-refractivity contribution is 5.91. The Morgan fingerprint density at radius 3 is 2.45 bits per heavy atom. The molecule has 0 aromatic heterocycles. The van der Waals surface area contributed by atoms with Crippen LogP contribution in [0.5, 0.6) is 0 Å². The molecule has 0 amide bonds. The van der Waals surface area contributed by atoms with Gasteiger partial charge in [-0.3, -0.25) is 4.79 Å². The second-order valence-corrected chi connectivity index (χ2v) is 12.2. The molecule has 0 bridgehead atoms. The van der Waals surface area contributed by atoms with Crippen molar-refractivity contribution in [3.63, 3.8) is 0 Å². The predicted octanol–water partition coefficient (Wildman–Crippen LogP) is 5.56. The molecule has 31 heavy (non-hydrogen) atoms. The minimum Gasteiger partial charge on any atom is -0.396 e. The monoisotopic (exact) mass is 428 g/mol. The highest BCUT2D eigenvalue weighted by Crippen LogP contribution is 2.68. The van der Waals surface area contributed by atoms with Crippen LogP contribution in [0.4, 0.5) is 0 Å². The third kappa shape index (κ3) is 3.50. The maximum Gasteiger partial charge on any atom is 0.155 e. The van der Waals surface area contributed by atoms with Crippen LogP contribution in [0.1, 0.15) is 79.6 Å². The summed E-state index contributed by atoms with van der Waals surface area (Å²) in [5.74, 6) is 3.31. The first-order valence-electron chi connectivity index (χ1n) is 12.8. The Balaban J connectivity index is 1.60. The van der Waals surface area contributed by atoms with Crippen molar-refractivity contribution < 1.29 is 15.0 Å². The summed E-state index contributed by atoms with van der Waals surface area (Å²) in [6.45, 7) is 11.4. The summed E-state index contributed by atoms with van der Waals surface area (Å²) in [6.07, 6.45) is 15.4. The third-order valence-corrected chi connectivity index (χ3v) is 10.8. The molecule has 0 heterocycles. The van der Waals surface area contributed by atoms with Crippen molar-refractivity contribution in [3.8, 4) is 0 Å². The average molecular weight is 429 g/mol. The number of carbonyl (C=O) groups is 1. The number of hydrogen-bond donors (Lipinski definition) is 2. The van der Waals surface area contributed by atoms with E-state index >= 15 is 0 Å². The van der Waals surface area contributed by atoms with Crippen molar-refractivity contribution in [2.24, 2.45) is 52.3 Å². The summed E-state index contributed by atoms with van der Waals surface area (Å²) in [5, 5.41) is 22.4. The fourth-order valence-corrected chi connectivity index (χ4v) is 8.20. The Labute approximate surface area is 189 Å². The first-order chi connectivity index (χ1) is 14.6. The molecule has 4 aliphatic rings. The van der Waals surface area contributed by atoms with Gasteiger partial charge in [0, 0.05) is 17.8 Å². The van der Waals surface area contributed by atoms with Gasteiger partial charge in [-0.15, -0.1) is 0 Å². The van der Waals surface area contributed by atoms with Crippen LogP contribution in [-0.4, -0.2) is 28.2 Å². The third-order valence-electron chi connectivity index (χ3n) is 10.8. The summed E-state index contributed by atoms with van der Waals surface area (Å²) in [5.41, 5.74) is -0.854. The molecule has 2 N–H and O–H groups in total. The maximum atomic E-state index is 12.1. The Hall–Kier alpha value is -0.930. The van der Waals surface area contributed by atoms with Crippen LogP contribution in [0, 0.1) is 52.3 Å². The zero-order valence-corrected chi connectivity index (χ0v) is 20.3. The molecular formula is C28H44O3. The lowest BCUT2D eigenvalue weighted by atomic mass is 9.45. The number of ketones is 1. The van der Waals surface area contributed by atoms with Gasteiger partial charge in [0.05, 0.1) is 12.2 Å². The number of carbonyl (C=O) groups excluding carboxylic acids is 1. The van der Waals surface area contributed by atoms with E-state index in [-0.39, 0.29) is 23.4 Å². The Morgan fingerprint density at radius 1 is 1.06 bits per heavy atom. The standard InChI is InChI=1S/C28H44O3/c1-18(2)19(3)6-7-21(17-29)28(31)15-12-25-23-9-8-20-16-22(30)10-13-26(20,4)24(23)11-14-27(25,28)5/h6-7,10,13,18-21,23-25,29,31H,8-9,11-12,14-17H2,1-5H3/b7-6+/t19-,20-,21-,23+,24-,25-,26-,27-,28-/m0/s1. The topological polar surface area (TPSA) is 57.5 Å². The van der Waals surface area contributed by atoms with E-state index in [1.54, 1.807) is 0 Å². The van der Waals surface area contributed by atoms with Gasteiger partial charge >= 0.3 is 0 Å². The van der Waals surface area contributed by atoms with Crippen LogP contribution in [0.3, 0.4) is 0 Å². The minimum atomic E-state index is -0.833. The molecule has 0 aromatic carbocycles. The maximum absolute atomic E-state index is 12.1. The quantitative estimate of drug-likeness (QED) is 0.564. The fraction of sp³-hybridized carbons (Fsp3) is 0.821. The lowest BCUT2D eigenvalue weighted by molar-refractivity contribution is -0.159. The van der Waals surface area contributed by atoms with E-state index in [2.05, 4.69) is 52.8 Å². The predicted molar refractivity (Wildman–Crippen MR) is 125 cm³/mol. The molecule has 0 spiro atoms. The van der Waals surface area contributed by atoms with Crippen LogP contribution in [0.2, 0.25) is 0 Å². The molecule has 0 unspecified atom stereocenters. The van der Waals surface area contributed by atoms with Crippen LogP contribution in [-0.2, 0) is 4.79 Å². The number of hydrogen-bond acceptors (Lipinski definition) is 3. The molecule has 4 aliphatic carbocycles. The number of allylic oxidation sites excluding steroid dienone is 3. The molecule has 0 saturated heterocycles. The molecule has 174 valence electrons. The summed E-state index contributed by atoms with van der Waals surface area (Å²) in [7, 11) is 0. The largest absolute Gasteiger partial charge is 0.396 e. The van der Waals surface area contributed by atoms with E-state index in [0.29, 0.717) is 47.7 Å². The summed E-state index contributed by atoms with van der Waals surface area (Å²) >= 11 is 0. The van der Waals surface area contributed by atoms with E-state index in [1.807, 2.05) is 6.08 Å². The average Bonchev–Trinajstić information content (AvgIpc) is 3.00. The second-order valence-electron chi connectivity index (χ2n) is 12.2. The van der Waals surface area contributed by atoms with E-state index in [1.165, 1.54) is 6.42 Å². The molecule has 0 aliphatic heterocycles. The highest BCUT2D eigenvalue weighted by atomic mass is 16.3. The van der Waals surface area contributed by atoms with Gasteiger partial charge < -0.3 is 10.2 Å². The van der Waals surface area contributed by atoms with Crippen molar-refractivity contribution in [3.05, 3.63) is 24.3 Å². The van der Waals surface area contributed by atoms with Gasteiger partial charge in [0.15, 0.2) is 5.78 Å². The molecule has 0 radical (unpaired) electrons. The zero-order valence-electron chi connectivity index (χ0n) is 20.3. The highest BCUT2D eigenvalue weighted by Gasteiger charge is 2.65. The van der Waals surface area contributed by atoms with Gasteiger partial charge in [-0.2, -0.15) is 0 Å². The van der Waals surface area contributed by atoms with E-state index in [4.69, 9.17) is 0 Å². The first-order valence-corrected chi connectivity index (χ1v) is 12.8. The lowest BCUT2D eigenvalue weighted by Crippen LogP contribution is -2.58. The SMILES string of the molecule is CC(C)[C@@H](C)/C=C/[C@@H](CO)[C@@]1(O)CC[C@H]2[C@@H]3CC[C@H]4CC(=O)C=C[C@]4(C)[C@H]3CC[C@@]21C. The summed E-state index contributed by atoms with van der Waals surface area (Å²) in [6, 6.07) is 0. The lowest BCUT2D eigenvalue weighted by Gasteiger charge is -2.60. The Bertz CT molecular complexity index is 753. The molecule has 3 fully saturated rings. The Kier molecular flexibility index (Phi) is 6.10. The molecule has 0 aromatic rings. The molecular weight excluding hydrogens is 384 g/mol. The molecule has 9 atom stereocenters. The first kappa shape index (κ1) is 23.2. The van der Waals surface area contributed by atoms with Crippen molar-refractivity contribution in [1.82, 2.24) is 0 Å². The molecule has 3 heteroatoms. The molecule has 4 rings (SSSR count). The van der Waals surface area contributed by atoms with Crippen LogP contribution >= 0.6 is 0 Å². The smallest absolute Gasteiger partial charge is 0.155 e. The molecule has 3 saturated carbocycles. The van der Waals surface area contributed by atoms with Crippen LogP contribution in [0.15, 0.2) is 24.3 Å². The zero-order chi connectivity index (χ0) is 22.6. The second kappa shape index (κ2) is 8.13. The van der Waals surface area contributed by atoms with Crippen LogP contribution < -0.4 is 0 Å². The van der Waals surface area contributed by atoms with Crippen molar-refractivity contribution in [2.75, 3.05) is 6.61 Å². The van der Waals surface area contributed by atoms with Gasteiger partial charge in [0.1, 0.15) is 0 Å². The van der Waals surface area contributed by atoms with E-state index in [0.717, 1.165) is 32.1 Å². The number of aliphatic hydroxyl groups excluding tert-OH is 1. The summed E-state index contributed by atoms with van der Waals surface area (Å²) < 4.78 is 0. The van der Waals surface area contributed by atoms with Crippen LogP contribution in [0.25, 0.3) is 0 Å². The Morgan fingerprint density at radius 2 is 1.77 bits per heavy atom. The van der Waals surface area contributed by atoms with Gasteiger partial charge in [-0.25, -0.2) is 0 Å². The fourth-order valence-electron chi connectivity index (χ4n) is 8.20. The van der Waals surface area contributed by atoms with Gasteiger partial charge in [0.2, 0.25) is 0 Å². The van der Waals surface area contributed by atoms with Crippen molar-refractivity contribution in [1.29, 1.82) is 0 Å². The normalized spacial score (nSPS) is 46.6. The van der Waals surface area contributed by atoms with Gasteiger partial charge in [-0.05, 0) is 85.5 Å². The van der Waals surface area contributed by atoms with E-state index < -0.39 is 5.60 Å². The van der Waals surface area contributed by atoms with Gasteiger partial charge in [-0.1, -0.05) is 52.8 Å². The van der Waals surface area contributed by atoms with Crippen molar-refractivity contribution >= 4 is 5.78 Å². The van der Waals surface area contributed by atoms with Gasteiger partial charge in [0.25, 0.3) is 0 Å². The number of fused-ring (bicyclic) bond motifs is 5. The number of rotatable bonds is 5. The summed E-state index contributed by atoms with van der Waals surface area (Å²) in [4.78, 5) is 12.0. The number of aliphatic hydroxyl groups is 2. The van der Waals surface area contributed by atoms with E-state index in [9.17, 15) is 15.0 Å². The van der Waals surface area contributed by atoms with Crippen molar-refractivity contribution in [2.45, 2.75) is 85.2 Å². The molecule has 3 nitrogen and oxygen atoms in total. The minimum absolute atomic E-state index is 0.0128.